The maximum atomic E-state index is 4.10. The second-order valence-electron chi connectivity index (χ2n) is 6.31. The lowest BCUT2D eigenvalue weighted by Gasteiger charge is -2.30. The average Bonchev–Trinajstić information content (AvgIpc) is 2.62. The molecule has 0 unspecified atom stereocenters. The van der Waals surface area contributed by atoms with Gasteiger partial charge in [0.1, 0.15) is 0 Å². The van der Waals surface area contributed by atoms with E-state index in [1.54, 1.807) is 0 Å². The molecule has 0 aromatic heterocycles. The summed E-state index contributed by atoms with van der Waals surface area (Å²) in [4.78, 5) is 2.24. The van der Waals surface area contributed by atoms with Gasteiger partial charge in [0.15, 0.2) is 0 Å². The largest absolute Gasteiger partial charge is 0.310 e. The number of rotatable bonds is 6. The van der Waals surface area contributed by atoms with E-state index in [1.165, 1.54) is 16.7 Å². The van der Waals surface area contributed by atoms with Crippen molar-refractivity contribution < 1.29 is 0 Å². The molecule has 2 aromatic rings. The first-order valence-electron chi connectivity index (χ1n) is 8.49. The van der Waals surface area contributed by atoms with E-state index in [2.05, 4.69) is 81.8 Å². The quantitative estimate of drug-likeness (QED) is 0.510. The Hall–Kier alpha value is -2.80. The zero-order valence-electron chi connectivity index (χ0n) is 15.8. The normalized spacial score (nSPS) is 11.5. The van der Waals surface area contributed by atoms with Gasteiger partial charge in [0, 0.05) is 17.1 Å². The number of anilines is 2. The van der Waals surface area contributed by atoms with Gasteiger partial charge in [-0.05, 0) is 74.2 Å². The van der Waals surface area contributed by atoms with Crippen LogP contribution >= 0.6 is 0 Å². The van der Waals surface area contributed by atoms with Gasteiger partial charge >= 0.3 is 0 Å². The summed E-state index contributed by atoms with van der Waals surface area (Å²) in [6, 6.07) is 14.7. The van der Waals surface area contributed by atoms with Gasteiger partial charge in [0.25, 0.3) is 0 Å². The number of benzene rings is 2. The second-order valence-corrected chi connectivity index (χ2v) is 6.31. The Morgan fingerprint density at radius 2 is 1.52 bits per heavy atom. The van der Waals surface area contributed by atoms with Gasteiger partial charge in [0.05, 0.1) is 0 Å². The summed E-state index contributed by atoms with van der Waals surface area (Å²) < 4.78 is 0. The minimum Gasteiger partial charge on any atom is -0.310 e. The van der Waals surface area contributed by atoms with E-state index in [4.69, 9.17) is 0 Å². The van der Waals surface area contributed by atoms with Crippen molar-refractivity contribution >= 4 is 16.9 Å². The summed E-state index contributed by atoms with van der Waals surface area (Å²) in [5, 5.41) is 0. The molecule has 1 nitrogen and oxygen atoms in total. The lowest BCUT2D eigenvalue weighted by molar-refractivity contribution is 1.14. The zero-order chi connectivity index (χ0) is 18.6. The Labute approximate surface area is 152 Å². The first kappa shape index (κ1) is 18.5. The molecule has 0 saturated heterocycles. The minimum absolute atomic E-state index is 1.03. The Balaban J connectivity index is 2.78. The highest BCUT2D eigenvalue weighted by Crippen LogP contribution is 2.37. The molecule has 0 fully saturated rings. The molecule has 0 heterocycles. The van der Waals surface area contributed by atoms with Crippen LogP contribution in [0.1, 0.15) is 30.5 Å². The van der Waals surface area contributed by atoms with Crippen LogP contribution in [0.5, 0.6) is 0 Å². The fourth-order valence-corrected chi connectivity index (χ4v) is 3.03. The molecular weight excluding hydrogens is 302 g/mol. The molecule has 0 aliphatic heterocycles. The highest BCUT2D eigenvalue weighted by atomic mass is 15.1. The molecule has 0 atom stereocenters. The van der Waals surface area contributed by atoms with E-state index < -0.39 is 0 Å². The Morgan fingerprint density at radius 3 is 2.04 bits per heavy atom. The Bertz CT molecular complexity index is 838. The molecule has 0 radical (unpaired) electrons. The van der Waals surface area contributed by atoms with Crippen LogP contribution in [-0.2, 0) is 0 Å². The third-order valence-corrected chi connectivity index (χ3v) is 4.62. The molecule has 0 aliphatic carbocycles. The third-order valence-electron chi connectivity index (χ3n) is 4.62. The van der Waals surface area contributed by atoms with E-state index in [9.17, 15) is 0 Å². The van der Waals surface area contributed by atoms with Gasteiger partial charge in [-0.3, -0.25) is 0 Å². The molecule has 0 N–H and O–H groups in total. The van der Waals surface area contributed by atoms with Gasteiger partial charge in [-0.2, -0.15) is 0 Å². The maximum absolute atomic E-state index is 4.10. The van der Waals surface area contributed by atoms with Crippen molar-refractivity contribution in [1.29, 1.82) is 0 Å². The van der Waals surface area contributed by atoms with Crippen molar-refractivity contribution in [2.75, 3.05) is 4.90 Å². The fraction of sp³-hybridized carbons (Fsp3) is 0.167. The van der Waals surface area contributed by atoms with E-state index in [-0.39, 0.29) is 0 Å². The summed E-state index contributed by atoms with van der Waals surface area (Å²) in [6.07, 6.45) is 3.77. The summed E-state index contributed by atoms with van der Waals surface area (Å²) in [5.74, 6) is 0. The third kappa shape index (κ3) is 3.66. The monoisotopic (exact) mass is 329 g/mol. The lowest BCUT2D eigenvalue weighted by atomic mass is 9.96. The molecule has 25 heavy (non-hydrogen) atoms. The highest BCUT2D eigenvalue weighted by molar-refractivity contribution is 5.77. The van der Waals surface area contributed by atoms with Crippen molar-refractivity contribution in [2.24, 2.45) is 0 Å². The molecule has 1 heteroatoms. The van der Waals surface area contributed by atoms with Gasteiger partial charge in [-0.25, -0.2) is 0 Å². The molecule has 0 saturated carbocycles. The lowest BCUT2D eigenvalue weighted by Crippen LogP contribution is -2.18. The Morgan fingerprint density at radius 1 is 0.880 bits per heavy atom. The number of hydrogen-bond donors (Lipinski definition) is 0. The number of hydrogen-bond acceptors (Lipinski definition) is 1. The first-order valence-corrected chi connectivity index (χ1v) is 8.49. The van der Waals surface area contributed by atoms with Crippen LogP contribution in [0.2, 0.25) is 0 Å². The minimum atomic E-state index is 1.03. The zero-order valence-corrected chi connectivity index (χ0v) is 15.8. The van der Waals surface area contributed by atoms with Crippen LogP contribution in [0.25, 0.3) is 5.57 Å². The maximum Gasteiger partial charge on any atom is 0.0493 e. The SMILES string of the molecule is C=C/C(C)=C(\C=C)N(c1ccccc1)c1ccc(C(=C)C)c(C)c1C. The molecule has 0 spiro atoms. The van der Waals surface area contributed by atoms with E-state index >= 15 is 0 Å². The predicted molar refractivity (Wildman–Crippen MR) is 112 cm³/mol. The summed E-state index contributed by atoms with van der Waals surface area (Å²) in [5.41, 5.74) is 9.14. The summed E-state index contributed by atoms with van der Waals surface area (Å²) in [7, 11) is 0. The van der Waals surface area contributed by atoms with Crippen LogP contribution in [0.4, 0.5) is 11.4 Å². The highest BCUT2D eigenvalue weighted by Gasteiger charge is 2.18. The molecule has 128 valence electrons. The van der Waals surface area contributed by atoms with Crippen LogP contribution in [0.15, 0.2) is 85.6 Å². The van der Waals surface area contributed by atoms with Crippen LogP contribution in [-0.4, -0.2) is 0 Å². The van der Waals surface area contributed by atoms with Crippen molar-refractivity contribution in [3.05, 3.63) is 102 Å². The predicted octanol–water partition coefficient (Wildman–Crippen LogP) is 7.12. The van der Waals surface area contributed by atoms with Crippen molar-refractivity contribution in [1.82, 2.24) is 0 Å². The molecular formula is C24H27N. The molecule has 2 aromatic carbocycles. The van der Waals surface area contributed by atoms with E-state index in [0.717, 1.165) is 28.2 Å². The van der Waals surface area contributed by atoms with Crippen molar-refractivity contribution in [3.8, 4) is 0 Å². The van der Waals surface area contributed by atoms with Gasteiger partial charge in [-0.15, -0.1) is 0 Å². The van der Waals surface area contributed by atoms with Crippen LogP contribution in [0.3, 0.4) is 0 Å². The summed E-state index contributed by atoms with van der Waals surface area (Å²) in [6.45, 7) is 20.5. The number of para-hydroxylation sites is 1. The van der Waals surface area contributed by atoms with Gasteiger partial charge in [-0.1, -0.05) is 55.7 Å². The first-order chi connectivity index (χ1) is 11.9. The Kier molecular flexibility index (Phi) is 5.82. The van der Waals surface area contributed by atoms with Crippen LogP contribution in [0, 0.1) is 13.8 Å². The molecule has 0 aliphatic rings. The van der Waals surface area contributed by atoms with Gasteiger partial charge in [0.2, 0.25) is 0 Å². The number of allylic oxidation sites excluding steroid dienone is 4. The van der Waals surface area contributed by atoms with Gasteiger partial charge < -0.3 is 4.90 Å². The van der Waals surface area contributed by atoms with E-state index in [0.29, 0.717) is 0 Å². The average molecular weight is 329 g/mol. The fourth-order valence-electron chi connectivity index (χ4n) is 3.03. The summed E-state index contributed by atoms with van der Waals surface area (Å²) >= 11 is 0. The smallest absolute Gasteiger partial charge is 0.0493 e. The molecule has 0 amide bonds. The second kappa shape index (κ2) is 7.85. The van der Waals surface area contributed by atoms with Crippen LogP contribution < -0.4 is 4.90 Å². The topological polar surface area (TPSA) is 3.24 Å². The van der Waals surface area contributed by atoms with E-state index in [1.807, 2.05) is 25.1 Å². The standard InChI is InChI=1S/C24H27N/c1-8-18(5)23(9-2)25(21-13-11-10-12-14-21)24-16-15-22(17(3)4)19(6)20(24)7/h8-16H,1-3H2,4-7H3/b23-18+. The molecule has 2 rings (SSSR count). The molecule has 0 bridgehead atoms. The van der Waals surface area contributed by atoms with Crippen molar-refractivity contribution in [3.63, 3.8) is 0 Å². The van der Waals surface area contributed by atoms with Crippen molar-refractivity contribution in [2.45, 2.75) is 27.7 Å². The number of nitrogens with zero attached hydrogens (tertiary/aromatic N) is 1.